The van der Waals surface area contributed by atoms with E-state index in [1.807, 2.05) is 6.07 Å². The van der Waals surface area contributed by atoms with Crippen LogP contribution in [0.25, 0.3) is 10.8 Å². The minimum absolute atomic E-state index is 0.172. The number of fused-ring (bicyclic) bond motifs is 1. The Labute approximate surface area is 115 Å². The van der Waals surface area contributed by atoms with Crippen molar-refractivity contribution in [2.45, 2.75) is 46.5 Å². The van der Waals surface area contributed by atoms with Gasteiger partial charge >= 0.3 is 0 Å². The zero-order valence-corrected chi connectivity index (χ0v) is 12.1. The molecule has 0 aliphatic carbocycles. The lowest BCUT2D eigenvalue weighted by Crippen LogP contribution is -2.01. The van der Waals surface area contributed by atoms with Crippen LogP contribution in [0.2, 0.25) is 0 Å². The molecule has 0 atom stereocenters. The molecule has 1 heteroatoms. The third-order valence-corrected chi connectivity index (χ3v) is 3.62. The molecule has 0 spiro atoms. The van der Waals surface area contributed by atoms with Crippen molar-refractivity contribution in [3.05, 3.63) is 47.0 Å². The van der Waals surface area contributed by atoms with Crippen molar-refractivity contribution in [2.24, 2.45) is 0 Å². The molecule has 0 saturated carbocycles. The predicted molar refractivity (Wildman–Crippen MR) is 81.9 cm³/mol. The number of benzene rings is 2. The number of ketones is 1. The van der Waals surface area contributed by atoms with Crippen molar-refractivity contribution in [3.63, 3.8) is 0 Å². The summed E-state index contributed by atoms with van der Waals surface area (Å²) in [5.74, 6) is 0.172. The Morgan fingerprint density at radius 3 is 2.32 bits per heavy atom. The maximum Gasteiger partial charge on any atom is 0.160 e. The molecule has 2 aromatic carbocycles. The van der Waals surface area contributed by atoms with E-state index < -0.39 is 0 Å². The minimum atomic E-state index is 0.172. The standard InChI is InChI=1S/C18H22O/c1-4-6-14-8-9-15-10-11-16(13(3)19)17(7-5-2)18(15)12-14/h8-12H,4-7H2,1-3H3. The average molecular weight is 254 g/mol. The summed E-state index contributed by atoms with van der Waals surface area (Å²) in [5.41, 5.74) is 3.49. The molecule has 0 bridgehead atoms. The molecule has 19 heavy (non-hydrogen) atoms. The maximum atomic E-state index is 11.8. The third kappa shape index (κ3) is 2.86. The minimum Gasteiger partial charge on any atom is -0.295 e. The van der Waals surface area contributed by atoms with E-state index in [4.69, 9.17) is 0 Å². The maximum absolute atomic E-state index is 11.8. The summed E-state index contributed by atoms with van der Waals surface area (Å²) in [7, 11) is 0. The number of aryl methyl sites for hydroxylation is 2. The lowest BCUT2D eigenvalue weighted by atomic mass is 9.92. The van der Waals surface area contributed by atoms with Crippen LogP contribution in [0.3, 0.4) is 0 Å². The van der Waals surface area contributed by atoms with Crippen LogP contribution in [0, 0.1) is 0 Å². The monoisotopic (exact) mass is 254 g/mol. The SMILES string of the molecule is CCCc1ccc2ccc(C(C)=O)c(CCC)c2c1. The van der Waals surface area contributed by atoms with Gasteiger partial charge in [0.2, 0.25) is 0 Å². The summed E-state index contributed by atoms with van der Waals surface area (Å²) in [6, 6.07) is 10.7. The smallest absolute Gasteiger partial charge is 0.160 e. The Balaban J connectivity index is 2.66. The van der Waals surface area contributed by atoms with Crippen molar-refractivity contribution < 1.29 is 4.79 Å². The van der Waals surface area contributed by atoms with Crippen molar-refractivity contribution in [1.82, 2.24) is 0 Å². The van der Waals surface area contributed by atoms with E-state index >= 15 is 0 Å². The van der Waals surface area contributed by atoms with Gasteiger partial charge in [0.25, 0.3) is 0 Å². The first-order valence-electron chi connectivity index (χ1n) is 7.22. The van der Waals surface area contributed by atoms with Gasteiger partial charge in [-0.25, -0.2) is 0 Å². The van der Waals surface area contributed by atoms with E-state index in [9.17, 15) is 4.79 Å². The number of hydrogen-bond acceptors (Lipinski definition) is 1. The van der Waals surface area contributed by atoms with E-state index in [0.29, 0.717) is 0 Å². The Morgan fingerprint density at radius 1 is 1.00 bits per heavy atom. The van der Waals surface area contributed by atoms with Crippen LogP contribution in [-0.4, -0.2) is 5.78 Å². The van der Waals surface area contributed by atoms with Gasteiger partial charge in [0, 0.05) is 5.56 Å². The zero-order chi connectivity index (χ0) is 13.8. The number of carbonyl (C=O) groups excluding carboxylic acids is 1. The number of carbonyl (C=O) groups is 1. The van der Waals surface area contributed by atoms with E-state index in [-0.39, 0.29) is 5.78 Å². The predicted octanol–water partition coefficient (Wildman–Crippen LogP) is 4.95. The van der Waals surface area contributed by atoms with Gasteiger partial charge in [-0.3, -0.25) is 4.79 Å². The van der Waals surface area contributed by atoms with Gasteiger partial charge in [0.05, 0.1) is 0 Å². The van der Waals surface area contributed by atoms with Gasteiger partial charge in [-0.1, -0.05) is 57.0 Å². The van der Waals surface area contributed by atoms with Gasteiger partial charge in [-0.05, 0) is 41.7 Å². The van der Waals surface area contributed by atoms with Crippen LogP contribution in [0.5, 0.6) is 0 Å². The van der Waals surface area contributed by atoms with E-state index in [2.05, 4.69) is 38.1 Å². The van der Waals surface area contributed by atoms with Gasteiger partial charge in [-0.15, -0.1) is 0 Å². The Kier molecular flexibility index (Phi) is 4.36. The van der Waals surface area contributed by atoms with Gasteiger partial charge < -0.3 is 0 Å². The number of Topliss-reactive ketones (excluding diaryl/α,β-unsaturated/α-hetero) is 1. The molecule has 0 aliphatic rings. The summed E-state index contributed by atoms with van der Waals surface area (Å²) in [4.78, 5) is 11.8. The summed E-state index contributed by atoms with van der Waals surface area (Å²) < 4.78 is 0. The molecule has 2 rings (SSSR count). The van der Waals surface area contributed by atoms with Crippen molar-refractivity contribution in [2.75, 3.05) is 0 Å². The van der Waals surface area contributed by atoms with Crippen LogP contribution in [0.1, 0.15) is 55.1 Å². The molecule has 0 radical (unpaired) electrons. The van der Waals surface area contributed by atoms with Crippen LogP contribution in [-0.2, 0) is 12.8 Å². The topological polar surface area (TPSA) is 17.1 Å². The second-order valence-corrected chi connectivity index (χ2v) is 5.20. The molecular weight excluding hydrogens is 232 g/mol. The summed E-state index contributed by atoms with van der Waals surface area (Å²) in [6.07, 6.45) is 4.30. The largest absolute Gasteiger partial charge is 0.295 e. The number of hydrogen-bond donors (Lipinski definition) is 0. The lowest BCUT2D eigenvalue weighted by molar-refractivity contribution is 0.101. The molecule has 0 saturated heterocycles. The van der Waals surface area contributed by atoms with Crippen LogP contribution < -0.4 is 0 Å². The third-order valence-electron chi connectivity index (χ3n) is 3.62. The number of rotatable bonds is 5. The van der Waals surface area contributed by atoms with Gasteiger partial charge in [0.15, 0.2) is 5.78 Å². The first kappa shape index (κ1) is 13.8. The molecule has 0 N–H and O–H groups in total. The van der Waals surface area contributed by atoms with Crippen molar-refractivity contribution in [3.8, 4) is 0 Å². The second kappa shape index (κ2) is 6.01. The first-order chi connectivity index (χ1) is 9.17. The van der Waals surface area contributed by atoms with E-state index in [1.165, 1.54) is 21.9 Å². The molecule has 0 fully saturated rings. The fourth-order valence-electron chi connectivity index (χ4n) is 2.72. The van der Waals surface area contributed by atoms with E-state index in [1.54, 1.807) is 6.92 Å². The highest BCUT2D eigenvalue weighted by Crippen LogP contribution is 2.26. The zero-order valence-electron chi connectivity index (χ0n) is 12.1. The Hall–Kier alpha value is -1.63. The highest BCUT2D eigenvalue weighted by molar-refractivity contribution is 6.01. The molecule has 0 aromatic heterocycles. The summed E-state index contributed by atoms with van der Waals surface area (Å²) in [6.45, 7) is 6.03. The Bertz CT molecular complexity index is 596. The molecule has 0 heterocycles. The molecular formula is C18H22O. The van der Waals surface area contributed by atoms with Crippen molar-refractivity contribution in [1.29, 1.82) is 0 Å². The Morgan fingerprint density at radius 2 is 1.68 bits per heavy atom. The lowest BCUT2D eigenvalue weighted by Gasteiger charge is -2.12. The fraction of sp³-hybridized carbons (Fsp3) is 0.389. The molecule has 100 valence electrons. The summed E-state index contributed by atoms with van der Waals surface area (Å²) in [5, 5.41) is 2.51. The van der Waals surface area contributed by atoms with Crippen LogP contribution in [0.4, 0.5) is 0 Å². The van der Waals surface area contributed by atoms with Crippen molar-refractivity contribution >= 4 is 16.6 Å². The molecule has 1 nitrogen and oxygen atoms in total. The first-order valence-corrected chi connectivity index (χ1v) is 7.22. The highest BCUT2D eigenvalue weighted by Gasteiger charge is 2.10. The van der Waals surface area contributed by atoms with E-state index in [0.717, 1.165) is 31.2 Å². The fourth-order valence-corrected chi connectivity index (χ4v) is 2.72. The quantitative estimate of drug-likeness (QED) is 0.690. The average Bonchev–Trinajstić information content (AvgIpc) is 2.39. The van der Waals surface area contributed by atoms with Crippen LogP contribution in [0.15, 0.2) is 30.3 Å². The van der Waals surface area contributed by atoms with Crippen LogP contribution >= 0.6 is 0 Å². The highest BCUT2D eigenvalue weighted by atomic mass is 16.1. The molecule has 0 aliphatic heterocycles. The molecule has 0 unspecified atom stereocenters. The second-order valence-electron chi connectivity index (χ2n) is 5.20. The van der Waals surface area contributed by atoms with Gasteiger partial charge in [-0.2, -0.15) is 0 Å². The molecule has 0 amide bonds. The molecule has 2 aromatic rings. The summed E-state index contributed by atoms with van der Waals surface area (Å²) >= 11 is 0. The normalized spacial score (nSPS) is 10.9. The van der Waals surface area contributed by atoms with Gasteiger partial charge in [0.1, 0.15) is 0 Å².